The first-order valence-electron chi connectivity index (χ1n) is 11.3. The van der Waals surface area contributed by atoms with E-state index in [4.69, 9.17) is 16.0 Å². The van der Waals surface area contributed by atoms with Crippen molar-refractivity contribution >= 4 is 29.2 Å². The Morgan fingerprint density at radius 3 is 2.82 bits per heavy atom. The Labute approximate surface area is 199 Å². The summed E-state index contributed by atoms with van der Waals surface area (Å²) in [5.74, 6) is 1.57. The lowest BCUT2D eigenvalue weighted by molar-refractivity contribution is 0.0763. The smallest absolute Gasteiger partial charge is 0.253 e. The lowest BCUT2D eigenvalue weighted by Crippen LogP contribution is -2.34. The number of likely N-dealkylation sites (N-methyl/N-ethyl adjacent to an activating group) is 1. The molecule has 0 spiro atoms. The summed E-state index contributed by atoms with van der Waals surface area (Å²) >= 11 is 6.22. The van der Waals surface area contributed by atoms with Crippen molar-refractivity contribution in [3.63, 3.8) is 0 Å². The van der Waals surface area contributed by atoms with E-state index in [2.05, 4.69) is 24.6 Å². The van der Waals surface area contributed by atoms with Crippen molar-refractivity contribution in [3.8, 4) is 11.3 Å². The van der Waals surface area contributed by atoms with Crippen molar-refractivity contribution < 1.29 is 9.21 Å². The molecule has 1 amide bonds. The summed E-state index contributed by atoms with van der Waals surface area (Å²) in [6, 6.07) is 17.6. The van der Waals surface area contributed by atoms with Crippen LogP contribution < -0.4 is 0 Å². The van der Waals surface area contributed by atoms with Crippen LogP contribution in [0.15, 0.2) is 71.2 Å². The van der Waals surface area contributed by atoms with Crippen LogP contribution in [0, 0.1) is 0 Å². The fraction of sp³-hybridized carbons (Fsp3) is 0.250. The fourth-order valence-electron chi connectivity index (χ4n) is 4.61. The first-order valence-corrected chi connectivity index (χ1v) is 11.7. The molecule has 0 N–H and O–H groups in total. The Balaban J connectivity index is 1.39. The number of allylic oxidation sites excluding steroid dienone is 2. The second-order valence-electron chi connectivity index (χ2n) is 8.87. The third kappa shape index (κ3) is 4.54. The molecule has 168 valence electrons. The number of fused-ring (bicyclic) bond motifs is 1. The first-order chi connectivity index (χ1) is 16.0. The zero-order chi connectivity index (χ0) is 22.9. The molecule has 0 bridgehead atoms. The van der Waals surface area contributed by atoms with Gasteiger partial charge in [-0.3, -0.25) is 4.79 Å². The van der Waals surface area contributed by atoms with E-state index in [1.54, 1.807) is 0 Å². The van der Waals surface area contributed by atoms with Crippen molar-refractivity contribution in [2.45, 2.75) is 12.8 Å². The Morgan fingerprint density at radius 2 is 1.94 bits per heavy atom. The van der Waals surface area contributed by atoms with E-state index in [0.29, 0.717) is 10.6 Å². The molecule has 2 heterocycles. The number of amides is 1. The monoisotopic (exact) mass is 458 g/mol. The summed E-state index contributed by atoms with van der Waals surface area (Å²) < 4.78 is 6.16. The second-order valence-corrected chi connectivity index (χ2v) is 9.31. The molecule has 5 heteroatoms. The molecule has 1 saturated heterocycles. The highest BCUT2D eigenvalue weighted by molar-refractivity contribution is 6.30. The number of hydrogen-bond acceptors (Lipinski definition) is 3. The van der Waals surface area contributed by atoms with Gasteiger partial charge in [0.15, 0.2) is 0 Å². The van der Waals surface area contributed by atoms with Crippen molar-refractivity contribution in [2.24, 2.45) is 0 Å². The average molecular weight is 459 g/mol. The third-order valence-corrected chi connectivity index (χ3v) is 6.70. The standard InChI is InChI=1S/C28H27ClN2O2/c1-19-15-20-7-8-23(29)17-26(20)25(19)18-24-9-10-27(33-24)21-5-3-6-22(16-21)28(32)31-12-4-11-30(2)13-14-31/h3,5-10,16-18H,1,4,11-15H2,2H3/b25-18-. The zero-order valence-electron chi connectivity index (χ0n) is 18.8. The van der Waals surface area contributed by atoms with Crippen molar-refractivity contribution in [2.75, 3.05) is 33.2 Å². The van der Waals surface area contributed by atoms with Crippen LogP contribution in [0.25, 0.3) is 23.0 Å². The van der Waals surface area contributed by atoms with Gasteiger partial charge in [-0.15, -0.1) is 0 Å². The first kappa shape index (κ1) is 21.7. The van der Waals surface area contributed by atoms with Crippen LogP contribution in [0.2, 0.25) is 5.02 Å². The maximum atomic E-state index is 13.1. The molecule has 5 rings (SSSR count). The second kappa shape index (κ2) is 9.05. The molecule has 1 aliphatic carbocycles. The molecule has 0 unspecified atom stereocenters. The van der Waals surface area contributed by atoms with Gasteiger partial charge in [-0.1, -0.05) is 36.4 Å². The van der Waals surface area contributed by atoms with Gasteiger partial charge >= 0.3 is 0 Å². The van der Waals surface area contributed by atoms with Crippen molar-refractivity contribution in [1.29, 1.82) is 0 Å². The minimum atomic E-state index is 0.0804. The van der Waals surface area contributed by atoms with E-state index in [0.717, 1.165) is 72.8 Å². The van der Waals surface area contributed by atoms with Crippen LogP contribution >= 0.6 is 11.6 Å². The van der Waals surface area contributed by atoms with Crippen LogP contribution in [0.4, 0.5) is 0 Å². The zero-order valence-corrected chi connectivity index (χ0v) is 19.6. The number of hydrogen-bond donors (Lipinski definition) is 0. The highest BCUT2D eigenvalue weighted by Gasteiger charge is 2.21. The average Bonchev–Trinajstić information content (AvgIpc) is 3.33. The molecule has 3 aromatic rings. The van der Waals surface area contributed by atoms with Gasteiger partial charge in [0.2, 0.25) is 0 Å². The number of halogens is 1. The Kier molecular flexibility index (Phi) is 5.96. The van der Waals surface area contributed by atoms with E-state index in [-0.39, 0.29) is 5.91 Å². The molecule has 0 atom stereocenters. The summed E-state index contributed by atoms with van der Waals surface area (Å²) in [7, 11) is 2.10. The van der Waals surface area contributed by atoms with Crippen LogP contribution in [0.1, 0.15) is 33.7 Å². The van der Waals surface area contributed by atoms with Gasteiger partial charge < -0.3 is 14.2 Å². The van der Waals surface area contributed by atoms with Crippen molar-refractivity contribution in [1.82, 2.24) is 9.80 Å². The third-order valence-electron chi connectivity index (χ3n) is 6.46. The molecule has 1 aromatic heterocycles. The summed E-state index contributed by atoms with van der Waals surface area (Å²) in [6.07, 6.45) is 3.84. The number of furan rings is 1. The number of benzene rings is 2. The van der Waals surface area contributed by atoms with E-state index in [1.807, 2.05) is 59.5 Å². The van der Waals surface area contributed by atoms with Crippen LogP contribution in [0.5, 0.6) is 0 Å². The van der Waals surface area contributed by atoms with E-state index >= 15 is 0 Å². The molecule has 0 saturated carbocycles. The highest BCUT2D eigenvalue weighted by atomic mass is 35.5. The molecule has 2 aliphatic rings. The SMILES string of the molecule is C=C1Cc2ccc(Cl)cc2/C1=C\c1ccc(-c2cccc(C(=O)N3CCCN(C)CC3)c2)o1. The molecular formula is C28H27ClN2O2. The van der Waals surface area contributed by atoms with E-state index in [9.17, 15) is 4.79 Å². The summed E-state index contributed by atoms with van der Waals surface area (Å²) in [5, 5.41) is 0.715. The summed E-state index contributed by atoms with van der Waals surface area (Å²) in [5.41, 5.74) is 6.05. The minimum absolute atomic E-state index is 0.0804. The largest absolute Gasteiger partial charge is 0.457 e. The van der Waals surface area contributed by atoms with Gasteiger partial charge in [0.25, 0.3) is 5.91 Å². The van der Waals surface area contributed by atoms with Gasteiger partial charge in [-0.2, -0.15) is 0 Å². The van der Waals surface area contributed by atoms with Gasteiger partial charge in [0, 0.05) is 35.8 Å². The molecule has 4 nitrogen and oxygen atoms in total. The normalized spacial score (nSPS) is 17.9. The van der Waals surface area contributed by atoms with Gasteiger partial charge in [0.1, 0.15) is 11.5 Å². The molecule has 1 aliphatic heterocycles. The molecule has 0 radical (unpaired) electrons. The predicted octanol–water partition coefficient (Wildman–Crippen LogP) is 6.03. The Morgan fingerprint density at radius 1 is 1.06 bits per heavy atom. The Bertz CT molecular complexity index is 1260. The molecule has 33 heavy (non-hydrogen) atoms. The van der Waals surface area contributed by atoms with Gasteiger partial charge in [-0.25, -0.2) is 0 Å². The predicted molar refractivity (Wildman–Crippen MR) is 134 cm³/mol. The number of carbonyl (C=O) groups is 1. The van der Waals surface area contributed by atoms with Crippen LogP contribution in [0.3, 0.4) is 0 Å². The summed E-state index contributed by atoms with van der Waals surface area (Å²) in [4.78, 5) is 17.3. The van der Waals surface area contributed by atoms with Crippen molar-refractivity contribution in [3.05, 3.63) is 94.2 Å². The fourth-order valence-corrected chi connectivity index (χ4v) is 4.79. The lowest BCUT2D eigenvalue weighted by Gasteiger charge is -2.20. The summed E-state index contributed by atoms with van der Waals surface area (Å²) in [6.45, 7) is 7.71. The van der Waals surface area contributed by atoms with Crippen LogP contribution in [-0.4, -0.2) is 48.9 Å². The maximum absolute atomic E-state index is 13.1. The lowest BCUT2D eigenvalue weighted by atomic mass is 10.1. The van der Waals surface area contributed by atoms with E-state index < -0.39 is 0 Å². The quantitative estimate of drug-likeness (QED) is 0.480. The van der Waals surface area contributed by atoms with Gasteiger partial charge in [-0.05, 0) is 91.2 Å². The topological polar surface area (TPSA) is 36.7 Å². The maximum Gasteiger partial charge on any atom is 0.253 e. The highest BCUT2D eigenvalue weighted by Crippen LogP contribution is 2.39. The minimum Gasteiger partial charge on any atom is -0.457 e. The van der Waals surface area contributed by atoms with Gasteiger partial charge in [0.05, 0.1) is 0 Å². The number of rotatable bonds is 3. The number of carbonyl (C=O) groups excluding carboxylic acids is 1. The molecular weight excluding hydrogens is 432 g/mol. The molecule has 2 aromatic carbocycles. The molecule has 1 fully saturated rings. The van der Waals surface area contributed by atoms with Crippen LogP contribution in [-0.2, 0) is 6.42 Å². The Hall–Kier alpha value is -3.08. The van der Waals surface area contributed by atoms with E-state index in [1.165, 1.54) is 5.56 Å². The number of nitrogens with zero attached hydrogens (tertiary/aromatic N) is 2.